The summed E-state index contributed by atoms with van der Waals surface area (Å²) in [5.74, 6) is 0.842. The highest BCUT2D eigenvalue weighted by atomic mass is 16.1. The summed E-state index contributed by atoms with van der Waals surface area (Å²) in [4.78, 5) is 11.9. The van der Waals surface area contributed by atoms with E-state index in [9.17, 15) is 4.79 Å². The van der Waals surface area contributed by atoms with E-state index in [0.29, 0.717) is 6.42 Å². The molecular weight excluding hydrogens is 264 g/mol. The molecule has 0 atom stereocenters. The number of carbonyl (C=O) groups is 1. The fourth-order valence-electron chi connectivity index (χ4n) is 2.26. The fraction of sp³-hybridized carbons (Fsp3) is 0.750. The molecule has 3 N–H and O–H groups in total. The minimum atomic E-state index is 0.0630. The van der Waals surface area contributed by atoms with Crippen LogP contribution in [0.3, 0.4) is 0 Å². The van der Waals surface area contributed by atoms with Crippen LogP contribution in [0.2, 0.25) is 0 Å². The van der Waals surface area contributed by atoms with Gasteiger partial charge in [-0.2, -0.15) is 5.10 Å². The molecule has 0 saturated heterocycles. The van der Waals surface area contributed by atoms with Crippen LogP contribution in [0.5, 0.6) is 0 Å². The maximum absolute atomic E-state index is 11.9. The number of aromatic nitrogens is 2. The van der Waals surface area contributed by atoms with Crippen LogP contribution in [-0.2, 0) is 18.3 Å². The average Bonchev–Trinajstić information content (AvgIpc) is 2.66. The third kappa shape index (κ3) is 7.27. The second-order valence-corrected chi connectivity index (χ2v) is 6.88. The Kier molecular flexibility index (Phi) is 6.89. The number of aryl methyl sites for hydroxylation is 1. The first kappa shape index (κ1) is 17.7. The Bertz CT molecular complexity index is 446. The van der Waals surface area contributed by atoms with Gasteiger partial charge in [0.2, 0.25) is 5.91 Å². The molecule has 5 heteroatoms. The number of unbranched alkanes of at least 4 members (excludes halogenated alkanes) is 3. The highest BCUT2D eigenvalue weighted by Gasteiger charge is 2.15. The highest BCUT2D eigenvalue weighted by Crippen LogP contribution is 2.21. The van der Waals surface area contributed by atoms with Crippen LogP contribution in [0.25, 0.3) is 0 Å². The van der Waals surface area contributed by atoms with Gasteiger partial charge >= 0.3 is 0 Å². The van der Waals surface area contributed by atoms with E-state index in [2.05, 4.69) is 31.2 Å². The number of rotatable bonds is 8. The van der Waals surface area contributed by atoms with Crippen molar-refractivity contribution in [3.8, 4) is 0 Å². The van der Waals surface area contributed by atoms with Gasteiger partial charge in [0.1, 0.15) is 5.82 Å². The predicted octanol–water partition coefficient (Wildman–Crippen LogP) is 2.86. The molecule has 1 aromatic heterocycles. The first-order chi connectivity index (χ1) is 9.81. The van der Waals surface area contributed by atoms with Gasteiger partial charge < -0.3 is 11.1 Å². The third-order valence-electron chi connectivity index (χ3n) is 3.27. The smallest absolute Gasteiger partial charge is 0.225 e. The standard InChI is InChI=1S/C16H30N4O/c1-16(2,3)12-13-11-14(20(4)19-13)18-15(21)9-7-5-6-8-10-17/h11H,5-10,12,17H2,1-4H3,(H,18,21). The Labute approximate surface area is 128 Å². The zero-order valence-electron chi connectivity index (χ0n) is 13.9. The van der Waals surface area contributed by atoms with Gasteiger partial charge in [0.25, 0.3) is 0 Å². The molecule has 1 rings (SSSR count). The number of hydrogen-bond acceptors (Lipinski definition) is 3. The average molecular weight is 294 g/mol. The van der Waals surface area contributed by atoms with E-state index in [0.717, 1.165) is 50.2 Å². The molecule has 0 saturated carbocycles. The molecule has 0 aliphatic heterocycles. The quantitative estimate of drug-likeness (QED) is 0.724. The lowest BCUT2D eigenvalue weighted by Gasteiger charge is -2.15. The van der Waals surface area contributed by atoms with Crippen LogP contribution < -0.4 is 11.1 Å². The Morgan fingerprint density at radius 1 is 1.29 bits per heavy atom. The minimum absolute atomic E-state index is 0.0630. The van der Waals surface area contributed by atoms with E-state index in [1.165, 1.54) is 0 Å². The van der Waals surface area contributed by atoms with Crippen LogP contribution in [0.15, 0.2) is 6.07 Å². The summed E-state index contributed by atoms with van der Waals surface area (Å²) >= 11 is 0. The van der Waals surface area contributed by atoms with E-state index < -0.39 is 0 Å². The van der Waals surface area contributed by atoms with Gasteiger partial charge in [-0.15, -0.1) is 0 Å². The van der Waals surface area contributed by atoms with E-state index in [4.69, 9.17) is 5.73 Å². The predicted molar refractivity (Wildman–Crippen MR) is 87.1 cm³/mol. The van der Waals surface area contributed by atoms with Crippen LogP contribution in [0.4, 0.5) is 5.82 Å². The van der Waals surface area contributed by atoms with Gasteiger partial charge in [0.15, 0.2) is 0 Å². The molecule has 1 amide bonds. The van der Waals surface area contributed by atoms with Crippen molar-refractivity contribution in [1.82, 2.24) is 9.78 Å². The van der Waals surface area contributed by atoms with Gasteiger partial charge in [-0.1, -0.05) is 33.6 Å². The normalized spacial score (nSPS) is 11.7. The molecular formula is C16H30N4O. The number of nitrogens with two attached hydrogens (primary N) is 1. The number of nitrogens with one attached hydrogen (secondary N) is 1. The number of carbonyl (C=O) groups excluding carboxylic acids is 1. The van der Waals surface area contributed by atoms with Crippen LogP contribution in [-0.4, -0.2) is 22.2 Å². The largest absolute Gasteiger partial charge is 0.330 e. The molecule has 0 fully saturated rings. The third-order valence-corrected chi connectivity index (χ3v) is 3.27. The summed E-state index contributed by atoms with van der Waals surface area (Å²) in [7, 11) is 1.86. The summed E-state index contributed by atoms with van der Waals surface area (Å²) in [6.45, 7) is 7.28. The minimum Gasteiger partial charge on any atom is -0.330 e. The highest BCUT2D eigenvalue weighted by molar-refractivity contribution is 5.89. The SMILES string of the molecule is Cn1nc(CC(C)(C)C)cc1NC(=O)CCCCCCN. The maximum atomic E-state index is 11.9. The summed E-state index contributed by atoms with van der Waals surface area (Å²) in [6.07, 6.45) is 5.58. The number of anilines is 1. The van der Waals surface area contributed by atoms with Crippen molar-refractivity contribution in [3.05, 3.63) is 11.8 Å². The van der Waals surface area contributed by atoms with Gasteiger partial charge in [0.05, 0.1) is 5.69 Å². The Morgan fingerprint density at radius 2 is 1.95 bits per heavy atom. The lowest BCUT2D eigenvalue weighted by molar-refractivity contribution is -0.116. The van der Waals surface area contributed by atoms with Crippen molar-refractivity contribution in [1.29, 1.82) is 0 Å². The van der Waals surface area contributed by atoms with Gasteiger partial charge in [-0.25, -0.2) is 0 Å². The van der Waals surface area contributed by atoms with Crippen molar-refractivity contribution in [2.24, 2.45) is 18.2 Å². The van der Waals surface area contributed by atoms with E-state index in [1.807, 2.05) is 13.1 Å². The van der Waals surface area contributed by atoms with Crippen LogP contribution in [0.1, 0.15) is 58.6 Å². The van der Waals surface area contributed by atoms with Crippen molar-refractivity contribution >= 4 is 11.7 Å². The maximum Gasteiger partial charge on any atom is 0.225 e. The second kappa shape index (κ2) is 8.17. The van der Waals surface area contributed by atoms with Gasteiger partial charge in [-0.3, -0.25) is 9.48 Å². The van der Waals surface area contributed by atoms with Crippen LogP contribution >= 0.6 is 0 Å². The Balaban J connectivity index is 2.42. The molecule has 0 aliphatic rings. The summed E-state index contributed by atoms with van der Waals surface area (Å²) in [6, 6.07) is 1.97. The second-order valence-electron chi connectivity index (χ2n) is 6.88. The van der Waals surface area contributed by atoms with Gasteiger partial charge in [0, 0.05) is 19.5 Å². The number of amides is 1. The molecule has 1 aromatic rings. The molecule has 5 nitrogen and oxygen atoms in total. The summed E-state index contributed by atoms with van der Waals surface area (Å²) < 4.78 is 1.74. The summed E-state index contributed by atoms with van der Waals surface area (Å²) in [5, 5.41) is 7.40. The Morgan fingerprint density at radius 3 is 2.57 bits per heavy atom. The molecule has 0 unspecified atom stereocenters. The zero-order chi connectivity index (χ0) is 15.9. The first-order valence-electron chi connectivity index (χ1n) is 7.84. The molecule has 0 bridgehead atoms. The molecule has 0 aromatic carbocycles. The van der Waals surface area contributed by atoms with Crippen molar-refractivity contribution < 1.29 is 4.79 Å². The lowest BCUT2D eigenvalue weighted by Crippen LogP contribution is -2.13. The topological polar surface area (TPSA) is 72.9 Å². The molecule has 1 heterocycles. The number of hydrogen-bond donors (Lipinski definition) is 2. The van der Waals surface area contributed by atoms with Crippen molar-refractivity contribution in [2.75, 3.05) is 11.9 Å². The molecule has 120 valence electrons. The van der Waals surface area contributed by atoms with Crippen LogP contribution in [0, 0.1) is 5.41 Å². The van der Waals surface area contributed by atoms with E-state index in [1.54, 1.807) is 4.68 Å². The molecule has 21 heavy (non-hydrogen) atoms. The van der Waals surface area contributed by atoms with E-state index in [-0.39, 0.29) is 11.3 Å². The first-order valence-corrected chi connectivity index (χ1v) is 7.84. The monoisotopic (exact) mass is 294 g/mol. The van der Waals surface area contributed by atoms with Gasteiger partial charge in [-0.05, 0) is 31.2 Å². The molecule has 0 aliphatic carbocycles. The zero-order valence-corrected chi connectivity index (χ0v) is 13.9. The summed E-state index contributed by atoms with van der Waals surface area (Å²) in [5.41, 5.74) is 6.66. The molecule has 0 spiro atoms. The van der Waals surface area contributed by atoms with Crippen molar-refractivity contribution in [3.63, 3.8) is 0 Å². The number of nitrogens with zero attached hydrogens (tertiary/aromatic N) is 2. The van der Waals surface area contributed by atoms with E-state index >= 15 is 0 Å². The fourth-order valence-corrected chi connectivity index (χ4v) is 2.26. The van der Waals surface area contributed by atoms with Crippen molar-refractivity contribution in [2.45, 2.75) is 59.3 Å². The Hall–Kier alpha value is -1.36. The lowest BCUT2D eigenvalue weighted by atomic mass is 9.91. The molecule has 0 radical (unpaired) electrons.